The third kappa shape index (κ3) is 3.76. The van der Waals surface area contributed by atoms with Crippen LogP contribution in [0.3, 0.4) is 0 Å². The molecule has 0 spiro atoms. The largest absolute Gasteiger partial charge is 0.324 e. The van der Waals surface area contributed by atoms with E-state index in [0.29, 0.717) is 6.54 Å². The lowest BCUT2D eigenvalue weighted by molar-refractivity contribution is -0.115. The number of anilines is 1. The maximum absolute atomic E-state index is 11.9. The molecule has 1 heterocycles. The highest BCUT2D eigenvalue weighted by Crippen LogP contribution is 2.20. The van der Waals surface area contributed by atoms with Crippen molar-refractivity contribution in [1.29, 1.82) is 0 Å². The first-order chi connectivity index (χ1) is 8.96. The van der Waals surface area contributed by atoms with Gasteiger partial charge < -0.3 is 10.6 Å². The Morgan fingerprint density at radius 3 is 2.74 bits per heavy atom. The van der Waals surface area contributed by atoms with Gasteiger partial charge in [-0.15, -0.1) is 0 Å². The van der Waals surface area contributed by atoms with Crippen molar-refractivity contribution in [2.45, 2.75) is 26.3 Å². The first-order valence-corrected chi connectivity index (χ1v) is 6.34. The summed E-state index contributed by atoms with van der Waals surface area (Å²) in [6.45, 7) is 6.38. The van der Waals surface area contributed by atoms with Crippen LogP contribution < -0.4 is 10.6 Å². The van der Waals surface area contributed by atoms with Crippen LogP contribution in [-0.4, -0.2) is 23.0 Å². The van der Waals surface area contributed by atoms with Gasteiger partial charge in [-0.05, 0) is 45.0 Å². The van der Waals surface area contributed by atoms with Crippen molar-refractivity contribution in [1.82, 2.24) is 10.3 Å². The number of benzene rings is 1. The summed E-state index contributed by atoms with van der Waals surface area (Å²) >= 11 is 0. The van der Waals surface area contributed by atoms with E-state index in [1.807, 2.05) is 51.1 Å². The second-order valence-corrected chi connectivity index (χ2v) is 5.53. The highest BCUT2D eigenvalue weighted by atomic mass is 16.1. The highest BCUT2D eigenvalue weighted by molar-refractivity contribution is 6.01. The highest BCUT2D eigenvalue weighted by Gasteiger charge is 2.12. The topological polar surface area (TPSA) is 54.0 Å². The maximum atomic E-state index is 11.9. The van der Waals surface area contributed by atoms with Crippen molar-refractivity contribution in [3.8, 4) is 0 Å². The summed E-state index contributed by atoms with van der Waals surface area (Å²) < 4.78 is 0. The van der Waals surface area contributed by atoms with Gasteiger partial charge in [-0.2, -0.15) is 0 Å². The van der Waals surface area contributed by atoms with Crippen LogP contribution in [-0.2, 0) is 4.79 Å². The number of hydrogen-bond donors (Lipinski definition) is 2. The lowest BCUT2D eigenvalue weighted by Gasteiger charge is -2.20. The van der Waals surface area contributed by atoms with Crippen molar-refractivity contribution in [3.63, 3.8) is 0 Å². The standard InChI is InChI=1S/C15H19N3O/c1-15(2,3)17-10-14(19)18-13-8-4-7-12-11(13)6-5-9-16-12/h4-9,17H,10H2,1-3H3,(H,18,19). The first-order valence-electron chi connectivity index (χ1n) is 6.34. The predicted molar refractivity (Wildman–Crippen MR) is 78.1 cm³/mol. The van der Waals surface area contributed by atoms with Gasteiger partial charge in [-0.3, -0.25) is 9.78 Å². The minimum absolute atomic E-state index is 0.0497. The van der Waals surface area contributed by atoms with E-state index in [1.165, 1.54) is 0 Å². The molecule has 0 saturated heterocycles. The van der Waals surface area contributed by atoms with Gasteiger partial charge in [0, 0.05) is 17.1 Å². The fraction of sp³-hybridized carbons (Fsp3) is 0.333. The Bertz CT molecular complexity index is 582. The van der Waals surface area contributed by atoms with Crippen LogP contribution >= 0.6 is 0 Å². The van der Waals surface area contributed by atoms with Gasteiger partial charge in [0.2, 0.25) is 5.91 Å². The lowest BCUT2D eigenvalue weighted by Crippen LogP contribution is -2.41. The third-order valence-electron chi connectivity index (χ3n) is 2.70. The molecule has 2 N–H and O–H groups in total. The van der Waals surface area contributed by atoms with E-state index >= 15 is 0 Å². The summed E-state index contributed by atoms with van der Waals surface area (Å²) in [6.07, 6.45) is 1.75. The molecule has 0 aliphatic rings. The molecule has 0 fully saturated rings. The fourth-order valence-corrected chi connectivity index (χ4v) is 1.75. The Balaban J connectivity index is 2.11. The number of nitrogens with one attached hydrogen (secondary N) is 2. The van der Waals surface area contributed by atoms with Gasteiger partial charge in [0.25, 0.3) is 0 Å². The van der Waals surface area contributed by atoms with Crippen LogP contribution in [0.1, 0.15) is 20.8 Å². The molecule has 1 amide bonds. The zero-order valence-electron chi connectivity index (χ0n) is 11.5. The molecule has 0 aliphatic carbocycles. The molecule has 0 bridgehead atoms. The predicted octanol–water partition coefficient (Wildman–Crippen LogP) is 2.56. The first kappa shape index (κ1) is 13.5. The van der Waals surface area contributed by atoms with Crippen molar-refractivity contribution >= 4 is 22.5 Å². The van der Waals surface area contributed by atoms with E-state index in [-0.39, 0.29) is 11.4 Å². The lowest BCUT2D eigenvalue weighted by atomic mass is 10.1. The minimum atomic E-state index is -0.0718. The van der Waals surface area contributed by atoms with E-state index in [0.717, 1.165) is 16.6 Å². The molecular formula is C15H19N3O. The fourth-order valence-electron chi connectivity index (χ4n) is 1.75. The molecule has 0 unspecified atom stereocenters. The molecule has 0 radical (unpaired) electrons. The second-order valence-electron chi connectivity index (χ2n) is 5.53. The minimum Gasteiger partial charge on any atom is -0.324 e. The van der Waals surface area contributed by atoms with E-state index in [9.17, 15) is 4.79 Å². The Morgan fingerprint density at radius 1 is 1.21 bits per heavy atom. The molecule has 4 heteroatoms. The number of carbonyl (C=O) groups is 1. The third-order valence-corrected chi connectivity index (χ3v) is 2.70. The Labute approximate surface area is 113 Å². The van der Waals surface area contributed by atoms with Crippen LogP contribution in [0.2, 0.25) is 0 Å². The van der Waals surface area contributed by atoms with Gasteiger partial charge >= 0.3 is 0 Å². The summed E-state index contributed by atoms with van der Waals surface area (Å²) in [6, 6.07) is 9.53. The zero-order chi connectivity index (χ0) is 13.9. The summed E-state index contributed by atoms with van der Waals surface area (Å²) in [4.78, 5) is 16.2. The van der Waals surface area contributed by atoms with E-state index in [4.69, 9.17) is 0 Å². The molecule has 0 aliphatic heterocycles. The van der Waals surface area contributed by atoms with Crippen molar-refractivity contribution in [2.75, 3.05) is 11.9 Å². The molecule has 1 aromatic carbocycles. The van der Waals surface area contributed by atoms with E-state index in [1.54, 1.807) is 6.20 Å². The zero-order valence-corrected chi connectivity index (χ0v) is 11.5. The smallest absolute Gasteiger partial charge is 0.238 e. The summed E-state index contributed by atoms with van der Waals surface area (Å²) in [5.74, 6) is -0.0497. The number of fused-ring (bicyclic) bond motifs is 1. The normalized spacial score (nSPS) is 11.5. The molecule has 19 heavy (non-hydrogen) atoms. The molecule has 0 atom stereocenters. The van der Waals surface area contributed by atoms with Crippen LogP contribution in [0.25, 0.3) is 10.9 Å². The molecule has 4 nitrogen and oxygen atoms in total. The number of amides is 1. The SMILES string of the molecule is CC(C)(C)NCC(=O)Nc1cccc2ncccc12. The molecule has 1 aromatic heterocycles. The second kappa shape index (κ2) is 5.36. The number of rotatable bonds is 3. The van der Waals surface area contributed by atoms with Crippen LogP contribution in [0.4, 0.5) is 5.69 Å². The van der Waals surface area contributed by atoms with Gasteiger partial charge in [0.05, 0.1) is 17.7 Å². The number of hydrogen-bond acceptors (Lipinski definition) is 3. The van der Waals surface area contributed by atoms with Crippen LogP contribution in [0.5, 0.6) is 0 Å². The number of aromatic nitrogens is 1. The number of nitrogens with zero attached hydrogens (tertiary/aromatic N) is 1. The average Bonchev–Trinajstić information content (AvgIpc) is 2.36. The molecule has 2 aromatic rings. The summed E-state index contributed by atoms with van der Waals surface area (Å²) in [5.41, 5.74) is 1.60. The van der Waals surface area contributed by atoms with Crippen molar-refractivity contribution in [3.05, 3.63) is 36.5 Å². The summed E-state index contributed by atoms with van der Waals surface area (Å²) in [5, 5.41) is 7.03. The number of pyridine rings is 1. The van der Waals surface area contributed by atoms with E-state index < -0.39 is 0 Å². The van der Waals surface area contributed by atoms with Gasteiger partial charge in [0.15, 0.2) is 0 Å². The Hall–Kier alpha value is -1.94. The average molecular weight is 257 g/mol. The monoisotopic (exact) mass is 257 g/mol. The van der Waals surface area contributed by atoms with Crippen molar-refractivity contribution < 1.29 is 4.79 Å². The number of carbonyl (C=O) groups excluding carboxylic acids is 1. The Kier molecular flexibility index (Phi) is 3.81. The molecule has 2 rings (SSSR count). The maximum Gasteiger partial charge on any atom is 0.238 e. The molecular weight excluding hydrogens is 238 g/mol. The van der Waals surface area contributed by atoms with Gasteiger partial charge in [-0.1, -0.05) is 6.07 Å². The quantitative estimate of drug-likeness (QED) is 0.888. The van der Waals surface area contributed by atoms with Gasteiger partial charge in [-0.25, -0.2) is 0 Å². The Morgan fingerprint density at radius 2 is 2.00 bits per heavy atom. The van der Waals surface area contributed by atoms with Crippen LogP contribution in [0, 0.1) is 0 Å². The van der Waals surface area contributed by atoms with Crippen LogP contribution in [0.15, 0.2) is 36.5 Å². The van der Waals surface area contributed by atoms with E-state index in [2.05, 4.69) is 15.6 Å². The van der Waals surface area contributed by atoms with Gasteiger partial charge in [0.1, 0.15) is 0 Å². The van der Waals surface area contributed by atoms with Crippen molar-refractivity contribution in [2.24, 2.45) is 0 Å². The molecule has 0 saturated carbocycles. The summed E-state index contributed by atoms with van der Waals surface area (Å²) in [7, 11) is 0. The molecule has 100 valence electrons.